The lowest BCUT2D eigenvalue weighted by atomic mass is 10.2. The highest BCUT2D eigenvalue weighted by Gasteiger charge is 2.17. The van der Waals surface area contributed by atoms with Crippen molar-refractivity contribution < 1.29 is 13.5 Å². The van der Waals surface area contributed by atoms with Crippen LogP contribution < -0.4 is 9.64 Å². The van der Waals surface area contributed by atoms with Gasteiger partial charge < -0.3 is 14.1 Å². The number of rotatable bonds is 3. The molecule has 2 heterocycles. The van der Waals surface area contributed by atoms with Crippen LogP contribution in [-0.4, -0.2) is 24.1 Å². The Bertz CT molecular complexity index is 783. The van der Waals surface area contributed by atoms with Gasteiger partial charge in [0.25, 0.3) is 0 Å². The fourth-order valence-corrected chi connectivity index (χ4v) is 2.21. The number of halogens is 1. The predicted octanol–water partition coefficient (Wildman–Crippen LogP) is 3.45. The highest BCUT2D eigenvalue weighted by atomic mass is 18.2. The number of furan rings is 1. The van der Waals surface area contributed by atoms with Gasteiger partial charge in [-0.25, -0.2) is 0 Å². The number of nitrogens with zero attached hydrogens (tertiary/aromatic N) is 3. The van der Waals surface area contributed by atoms with Crippen LogP contribution in [0.5, 0.6) is 5.75 Å². The summed E-state index contributed by atoms with van der Waals surface area (Å²) in [5.74, 6) is 1.22. The van der Waals surface area contributed by atoms with Crippen LogP contribution in [0.25, 0.3) is 11.1 Å². The quantitative estimate of drug-likeness (QED) is 0.690. The molecule has 0 aliphatic rings. The summed E-state index contributed by atoms with van der Waals surface area (Å²) in [4.78, 5) is 9.37. The molecule has 0 saturated carbocycles. The Kier molecular flexibility index (Phi) is 3.21. The summed E-state index contributed by atoms with van der Waals surface area (Å²) in [6.45, 7) is 1.87. The first-order valence-electron chi connectivity index (χ1n) is 6.39. The van der Waals surface area contributed by atoms with Crippen molar-refractivity contribution in [1.29, 1.82) is 0 Å². The van der Waals surface area contributed by atoms with Crippen LogP contribution in [-0.2, 0) is 0 Å². The van der Waals surface area contributed by atoms with Crippen LogP contribution in [0.2, 0.25) is 0 Å². The first-order chi connectivity index (χ1) is 10.1. The van der Waals surface area contributed by atoms with Crippen LogP contribution in [0, 0.1) is 13.0 Å². The number of benzene rings is 1. The molecule has 3 aromatic rings. The Morgan fingerprint density at radius 3 is 2.57 bits per heavy atom. The lowest BCUT2D eigenvalue weighted by molar-refractivity contribution is 0.415. The van der Waals surface area contributed by atoms with E-state index in [0.717, 1.165) is 17.0 Å². The molecule has 0 bridgehead atoms. The molecule has 3 rings (SSSR count). The molecule has 0 unspecified atom stereocenters. The molecule has 0 radical (unpaired) electrons. The van der Waals surface area contributed by atoms with Crippen molar-refractivity contribution in [2.75, 3.05) is 19.1 Å². The van der Waals surface area contributed by atoms with Crippen molar-refractivity contribution in [2.45, 2.75) is 6.92 Å². The lowest BCUT2D eigenvalue weighted by Gasteiger charge is -2.19. The van der Waals surface area contributed by atoms with Gasteiger partial charge in [-0.3, -0.25) is 0 Å². The molecule has 108 valence electrons. The molecule has 0 amide bonds. The Balaban J connectivity index is 2.11. The number of aromatic nitrogens is 2. The van der Waals surface area contributed by atoms with Gasteiger partial charge in [0.2, 0.25) is 5.71 Å². The number of fused-ring (bicyclic) bond motifs is 1. The maximum Gasteiger partial charge on any atom is 0.313 e. The van der Waals surface area contributed by atoms with Gasteiger partial charge in [0, 0.05) is 18.3 Å². The zero-order valence-electron chi connectivity index (χ0n) is 11.9. The molecule has 2 aromatic heterocycles. The van der Waals surface area contributed by atoms with Gasteiger partial charge in [0.15, 0.2) is 5.82 Å². The van der Waals surface area contributed by atoms with Gasteiger partial charge in [-0.1, -0.05) is 0 Å². The third kappa shape index (κ3) is 2.29. The molecule has 0 aliphatic carbocycles. The molecule has 5 nitrogen and oxygen atoms in total. The summed E-state index contributed by atoms with van der Waals surface area (Å²) >= 11 is 0. The average Bonchev–Trinajstić information content (AvgIpc) is 2.87. The Morgan fingerprint density at radius 1 is 1.19 bits per heavy atom. The summed E-state index contributed by atoms with van der Waals surface area (Å²) in [5.41, 5.74) is 1.96. The molecule has 1 aromatic carbocycles. The monoisotopic (exact) mass is 286 g/mol. The van der Waals surface area contributed by atoms with Crippen molar-refractivity contribution in [3.63, 3.8) is 0 Å². The summed E-state index contributed by atoms with van der Waals surface area (Å²) < 4.78 is 24.0. The molecule has 0 atom stereocenters. The molecule has 0 fully saturated rings. The van der Waals surface area contributed by atoms with E-state index in [4.69, 9.17) is 9.15 Å². The minimum absolute atomic E-state index is 0.246. The Morgan fingerprint density at radius 2 is 1.90 bits per heavy atom. The number of ether oxygens (including phenoxy) is 1. The summed E-state index contributed by atoms with van der Waals surface area (Å²) in [7, 11) is 3.42. The largest absolute Gasteiger partial charge is 0.497 e. The normalized spacial score (nSPS) is 10.9. The van der Waals surface area contributed by atoms with Gasteiger partial charge in [-0.15, -0.1) is 0 Å². The summed E-state index contributed by atoms with van der Waals surface area (Å²) in [5, 5.41) is 0.703. The van der Waals surface area contributed by atoms with E-state index < -0.39 is 6.08 Å². The third-order valence-electron chi connectivity index (χ3n) is 3.35. The van der Waals surface area contributed by atoms with E-state index in [0.29, 0.717) is 11.2 Å². The van der Waals surface area contributed by atoms with E-state index in [-0.39, 0.29) is 5.71 Å². The SMILES string of the molecule is COc1ccc(N(C)c2nc([18F])nc3occ(C)c23)cc1. The molecular formula is C15H14FN3O2. The van der Waals surface area contributed by atoms with Crippen LogP contribution >= 0.6 is 0 Å². The van der Waals surface area contributed by atoms with E-state index in [1.807, 2.05) is 38.2 Å². The van der Waals surface area contributed by atoms with E-state index in [9.17, 15) is 4.39 Å². The van der Waals surface area contributed by atoms with Crippen molar-refractivity contribution in [2.24, 2.45) is 0 Å². The first kappa shape index (κ1) is 13.4. The second-order valence-electron chi connectivity index (χ2n) is 4.67. The Labute approximate surface area is 121 Å². The topological polar surface area (TPSA) is 51.4 Å². The molecular weight excluding hydrogens is 272 g/mol. The van der Waals surface area contributed by atoms with Crippen molar-refractivity contribution in [3.05, 3.63) is 42.2 Å². The van der Waals surface area contributed by atoms with E-state index in [1.54, 1.807) is 18.3 Å². The molecule has 0 saturated heterocycles. The molecule has 0 spiro atoms. The second kappa shape index (κ2) is 5.05. The third-order valence-corrected chi connectivity index (χ3v) is 3.35. The average molecular weight is 286 g/mol. The van der Waals surface area contributed by atoms with E-state index in [2.05, 4.69) is 9.97 Å². The number of hydrogen-bond acceptors (Lipinski definition) is 5. The summed E-state index contributed by atoms with van der Waals surface area (Å²) in [6.07, 6.45) is 0.733. The number of anilines is 2. The van der Waals surface area contributed by atoms with Gasteiger partial charge in [0.05, 0.1) is 18.8 Å². The number of aryl methyl sites for hydroxylation is 1. The van der Waals surface area contributed by atoms with Crippen LogP contribution in [0.3, 0.4) is 0 Å². The Hall–Kier alpha value is -2.63. The second-order valence-corrected chi connectivity index (χ2v) is 4.67. The van der Waals surface area contributed by atoms with E-state index >= 15 is 0 Å². The number of hydrogen-bond donors (Lipinski definition) is 0. The van der Waals surface area contributed by atoms with Crippen LogP contribution in [0.1, 0.15) is 5.56 Å². The summed E-state index contributed by atoms with van der Waals surface area (Å²) in [6, 6.07) is 7.42. The van der Waals surface area contributed by atoms with Gasteiger partial charge in [-0.2, -0.15) is 14.4 Å². The minimum atomic E-state index is -0.813. The standard InChI is InChI=1S/C15H14FN3O2/c1-9-8-21-14-12(9)13(17-15(16)18-14)19(2)10-4-6-11(20-3)7-5-10/h4-8H,1-3H3/i16-1. The maximum atomic E-state index is 13.6. The molecule has 21 heavy (non-hydrogen) atoms. The van der Waals surface area contributed by atoms with Crippen molar-refractivity contribution in [1.82, 2.24) is 9.97 Å². The maximum absolute atomic E-state index is 13.6. The molecule has 6 heteroatoms. The molecule has 0 N–H and O–H groups in total. The van der Waals surface area contributed by atoms with Crippen LogP contribution in [0.15, 0.2) is 34.9 Å². The van der Waals surface area contributed by atoms with Crippen molar-refractivity contribution in [3.8, 4) is 5.75 Å². The minimum Gasteiger partial charge on any atom is -0.497 e. The highest BCUT2D eigenvalue weighted by Crippen LogP contribution is 2.32. The van der Waals surface area contributed by atoms with Crippen molar-refractivity contribution >= 4 is 22.6 Å². The van der Waals surface area contributed by atoms with Gasteiger partial charge >= 0.3 is 6.08 Å². The number of methoxy groups -OCH3 is 1. The first-order valence-corrected chi connectivity index (χ1v) is 6.39. The highest BCUT2D eigenvalue weighted by molar-refractivity contribution is 5.91. The molecule has 0 aliphatic heterocycles. The lowest BCUT2D eigenvalue weighted by Crippen LogP contribution is -2.13. The zero-order chi connectivity index (χ0) is 15.0. The van der Waals surface area contributed by atoms with E-state index in [1.165, 1.54) is 0 Å². The van der Waals surface area contributed by atoms with Gasteiger partial charge in [-0.05, 0) is 31.2 Å². The zero-order valence-corrected chi connectivity index (χ0v) is 11.9. The predicted molar refractivity (Wildman–Crippen MR) is 77.6 cm³/mol. The fourth-order valence-electron chi connectivity index (χ4n) is 2.21. The fraction of sp³-hybridized carbons (Fsp3) is 0.200. The van der Waals surface area contributed by atoms with Gasteiger partial charge in [0.1, 0.15) is 5.75 Å². The van der Waals surface area contributed by atoms with Crippen LogP contribution in [0.4, 0.5) is 15.9 Å². The smallest absolute Gasteiger partial charge is 0.313 e.